The monoisotopic (exact) mass is 292 g/mol. The average molecular weight is 292 g/mol. The highest BCUT2D eigenvalue weighted by Crippen LogP contribution is 2.12. The van der Waals surface area contributed by atoms with Gasteiger partial charge in [-0.2, -0.15) is 5.10 Å². The van der Waals surface area contributed by atoms with E-state index in [9.17, 15) is 9.59 Å². The molecular formula is C13H20N6O2. The van der Waals surface area contributed by atoms with Gasteiger partial charge in [-0.3, -0.25) is 14.3 Å². The van der Waals surface area contributed by atoms with Crippen LogP contribution in [0.25, 0.3) is 0 Å². The van der Waals surface area contributed by atoms with Crippen LogP contribution in [-0.2, 0) is 13.5 Å². The molecule has 8 nitrogen and oxygen atoms in total. The number of aryl methyl sites for hydroxylation is 2. The molecule has 0 saturated carbocycles. The molecule has 0 bridgehead atoms. The Kier molecular flexibility index (Phi) is 4.27. The van der Waals surface area contributed by atoms with E-state index in [1.807, 2.05) is 6.92 Å². The summed E-state index contributed by atoms with van der Waals surface area (Å²) < 4.78 is 1.53. The average Bonchev–Trinajstić information content (AvgIpc) is 2.93. The van der Waals surface area contributed by atoms with Crippen molar-refractivity contribution in [2.24, 2.45) is 7.05 Å². The topological polar surface area (TPSA) is 102 Å². The summed E-state index contributed by atoms with van der Waals surface area (Å²) >= 11 is 0. The van der Waals surface area contributed by atoms with E-state index in [1.54, 1.807) is 25.4 Å². The van der Waals surface area contributed by atoms with Crippen LogP contribution in [0.15, 0.2) is 18.3 Å². The molecule has 21 heavy (non-hydrogen) atoms. The second-order valence-electron chi connectivity index (χ2n) is 4.36. The van der Waals surface area contributed by atoms with Crippen molar-refractivity contribution in [2.45, 2.75) is 13.3 Å². The fraction of sp³-hybridized carbons (Fsp3) is 0.308. The number of carbonyl (C=O) groups is 2. The third kappa shape index (κ3) is 3.22. The number of carbonyl (C=O) groups excluding carboxylic acids is 2. The molecule has 0 radical (unpaired) electrons. The Labute approximate surface area is 124 Å². The van der Waals surface area contributed by atoms with Crippen molar-refractivity contribution in [2.75, 3.05) is 12.4 Å². The number of rotatable bonds is 4. The van der Waals surface area contributed by atoms with Gasteiger partial charge in [0.15, 0.2) is 17.2 Å². The highest BCUT2D eigenvalue weighted by molar-refractivity contribution is 6.02. The van der Waals surface area contributed by atoms with Crippen LogP contribution in [0.4, 0.5) is 5.82 Å². The van der Waals surface area contributed by atoms with Gasteiger partial charge in [0.05, 0.1) is 0 Å². The zero-order valence-electron chi connectivity index (χ0n) is 12.0. The first kappa shape index (κ1) is 14.6. The fourth-order valence-corrected chi connectivity index (χ4v) is 1.79. The molecule has 0 aliphatic heterocycles. The minimum atomic E-state index is -0.375. The maximum atomic E-state index is 12.0. The van der Waals surface area contributed by atoms with Gasteiger partial charge in [-0.15, -0.1) is 10.2 Å². The van der Waals surface area contributed by atoms with Gasteiger partial charge in [0.25, 0.3) is 11.8 Å². The summed E-state index contributed by atoms with van der Waals surface area (Å²) in [6, 6.07) is 3.24. The maximum absolute atomic E-state index is 12.0. The Morgan fingerprint density at radius 2 is 2.10 bits per heavy atom. The summed E-state index contributed by atoms with van der Waals surface area (Å²) in [4.78, 5) is 23.6. The number of amides is 2. The van der Waals surface area contributed by atoms with Crippen LogP contribution in [0.5, 0.6) is 0 Å². The van der Waals surface area contributed by atoms with E-state index in [2.05, 4.69) is 25.9 Å². The molecule has 114 valence electrons. The highest BCUT2D eigenvalue weighted by atomic mass is 16.2. The number of aromatic nitrogens is 4. The normalized spacial score (nSPS) is 10.2. The third-order valence-corrected chi connectivity index (χ3v) is 2.88. The molecule has 8 heteroatoms. The van der Waals surface area contributed by atoms with Crippen LogP contribution >= 0.6 is 0 Å². The molecule has 0 aliphatic carbocycles. The van der Waals surface area contributed by atoms with E-state index in [0.29, 0.717) is 12.0 Å². The van der Waals surface area contributed by atoms with Crippen LogP contribution in [-0.4, -0.2) is 38.8 Å². The van der Waals surface area contributed by atoms with Crippen molar-refractivity contribution in [3.63, 3.8) is 0 Å². The minimum Gasteiger partial charge on any atom is -0.354 e. The standard InChI is InChI=1S/C13H16N6O2.2H2/c1-4-8-7-10(16-17-11(8)13(21)14-2)15-12(20)9-5-6-19(3)18-9;;/h5-7H,4H2,1-3H3,(H,14,21)(H,15,16,20);2*1H. The van der Waals surface area contributed by atoms with E-state index < -0.39 is 0 Å². The Hall–Kier alpha value is -2.77. The number of hydrogen-bond donors (Lipinski definition) is 2. The largest absolute Gasteiger partial charge is 0.354 e. The maximum Gasteiger partial charge on any atom is 0.277 e. The smallest absolute Gasteiger partial charge is 0.277 e. The number of nitrogens with one attached hydrogen (secondary N) is 2. The third-order valence-electron chi connectivity index (χ3n) is 2.88. The first-order valence-electron chi connectivity index (χ1n) is 6.44. The fourth-order valence-electron chi connectivity index (χ4n) is 1.79. The SMILES string of the molecule is CCc1cc(NC(=O)c2ccn(C)n2)nnc1C(=O)NC.[HH].[HH]. The summed E-state index contributed by atoms with van der Waals surface area (Å²) in [5, 5.41) is 16.8. The summed E-state index contributed by atoms with van der Waals surface area (Å²) in [5.41, 5.74) is 1.25. The Bertz CT molecular complexity index is 689. The Balaban J connectivity index is 0.00000242. The van der Waals surface area contributed by atoms with Gasteiger partial charge in [-0.25, -0.2) is 0 Å². The molecule has 0 spiro atoms. The molecule has 0 fully saturated rings. The zero-order chi connectivity index (χ0) is 15.4. The minimum absolute atomic E-state index is 0. The number of anilines is 1. The molecule has 0 unspecified atom stereocenters. The van der Waals surface area contributed by atoms with E-state index in [1.165, 1.54) is 11.7 Å². The molecule has 2 amide bonds. The summed E-state index contributed by atoms with van der Waals surface area (Å²) in [7, 11) is 3.25. The Morgan fingerprint density at radius 1 is 1.33 bits per heavy atom. The van der Waals surface area contributed by atoms with Crippen molar-refractivity contribution in [1.82, 2.24) is 25.3 Å². The van der Waals surface area contributed by atoms with E-state index in [0.717, 1.165) is 0 Å². The molecule has 2 aromatic rings. The lowest BCUT2D eigenvalue weighted by Gasteiger charge is -2.07. The lowest BCUT2D eigenvalue weighted by Crippen LogP contribution is -2.22. The quantitative estimate of drug-likeness (QED) is 0.870. The van der Waals surface area contributed by atoms with Gasteiger partial charge >= 0.3 is 0 Å². The second kappa shape index (κ2) is 6.12. The molecule has 0 atom stereocenters. The van der Waals surface area contributed by atoms with Gasteiger partial charge in [-0.1, -0.05) is 6.92 Å². The van der Waals surface area contributed by atoms with Crippen LogP contribution in [0, 0.1) is 0 Å². The van der Waals surface area contributed by atoms with Gasteiger partial charge in [-0.05, 0) is 24.1 Å². The second-order valence-corrected chi connectivity index (χ2v) is 4.36. The lowest BCUT2D eigenvalue weighted by molar-refractivity contribution is 0.0955. The summed E-state index contributed by atoms with van der Waals surface area (Å²) in [6.07, 6.45) is 2.28. The van der Waals surface area contributed by atoms with Gasteiger partial charge in [0.2, 0.25) is 0 Å². The zero-order valence-corrected chi connectivity index (χ0v) is 12.0. The molecule has 0 aliphatic rings. The van der Waals surface area contributed by atoms with E-state index in [4.69, 9.17) is 0 Å². The van der Waals surface area contributed by atoms with Crippen LogP contribution < -0.4 is 10.6 Å². The van der Waals surface area contributed by atoms with Gasteiger partial charge in [0, 0.05) is 23.1 Å². The molecule has 0 saturated heterocycles. The van der Waals surface area contributed by atoms with Crippen molar-refractivity contribution in [3.05, 3.63) is 35.3 Å². The first-order chi connectivity index (χ1) is 10.0. The Morgan fingerprint density at radius 3 is 2.67 bits per heavy atom. The predicted octanol–water partition coefficient (Wildman–Crippen LogP) is 0.876. The number of hydrogen-bond acceptors (Lipinski definition) is 5. The highest BCUT2D eigenvalue weighted by Gasteiger charge is 2.15. The lowest BCUT2D eigenvalue weighted by atomic mass is 10.1. The van der Waals surface area contributed by atoms with Gasteiger partial charge < -0.3 is 10.6 Å². The van der Waals surface area contributed by atoms with Crippen molar-refractivity contribution >= 4 is 17.6 Å². The molecule has 2 heterocycles. The molecule has 2 rings (SSSR count). The molecule has 2 aromatic heterocycles. The summed E-state index contributed by atoms with van der Waals surface area (Å²) in [5.74, 6) is -0.392. The van der Waals surface area contributed by atoms with Crippen molar-refractivity contribution in [1.29, 1.82) is 0 Å². The van der Waals surface area contributed by atoms with Crippen LogP contribution in [0.2, 0.25) is 0 Å². The van der Waals surface area contributed by atoms with Crippen LogP contribution in [0.1, 0.15) is 36.3 Å². The van der Waals surface area contributed by atoms with Crippen molar-refractivity contribution in [3.8, 4) is 0 Å². The molecule has 0 aromatic carbocycles. The van der Waals surface area contributed by atoms with E-state index in [-0.39, 0.29) is 31.9 Å². The van der Waals surface area contributed by atoms with Crippen molar-refractivity contribution < 1.29 is 12.4 Å². The van der Waals surface area contributed by atoms with Gasteiger partial charge in [0.1, 0.15) is 0 Å². The van der Waals surface area contributed by atoms with Crippen LogP contribution in [0.3, 0.4) is 0 Å². The summed E-state index contributed by atoms with van der Waals surface area (Å²) in [6.45, 7) is 1.90. The first-order valence-corrected chi connectivity index (χ1v) is 6.44. The molecule has 2 N–H and O–H groups in total. The molecular weight excluding hydrogens is 272 g/mol. The predicted molar refractivity (Wildman–Crippen MR) is 80.2 cm³/mol. The van der Waals surface area contributed by atoms with E-state index >= 15 is 0 Å². The number of nitrogens with zero attached hydrogens (tertiary/aromatic N) is 4.